The van der Waals surface area contributed by atoms with Gasteiger partial charge in [-0.1, -0.05) is 30.3 Å². The molecular weight excluding hydrogens is 316 g/mol. The van der Waals surface area contributed by atoms with Crippen LogP contribution in [0.1, 0.15) is 15.9 Å². The van der Waals surface area contributed by atoms with Crippen molar-refractivity contribution in [1.82, 2.24) is 0 Å². The number of carbonyl (C=O) groups is 2. The number of anilines is 1. The number of nitrogens with one attached hydrogen (secondary N) is 1. The standard InChI is InChI=1S/C16H16N2O4S/c1-23(21,22)14-9-5-2-6-11(14)10-15(19)18-13-8-4-3-7-12(13)16(17)20/h2-9H,10H2,1H3,(H2,17,20)(H,18,19). The van der Waals surface area contributed by atoms with Crippen LogP contribution < -0.4 is 11.1 Å². The molecule has 0 heterocycles. The fourth-order valence-corrected chi connectivity index (χ4v) is 3.13. The first kappa shape index (κ1) is 16.7. The number of primary amides is 1. The van der Waals surface area contributed by atoms with E-state index in [0.29, 0.717) is 11.3 Å². The summed E-state index contributed by atoms with van der Waals surface area (Å²) in [5.41, 5.74) is 6.13. The van der Waals surface area contributed by atoms with Crippen molar-refractivity contribution in [3.63, 3.8) is 0 Å². The summed E-state index contributed by atoms with van der Waals surface area (Å²) in [6, 6.07) is 12.6. The van der Waals surface area contributed by atoms with E-state index in [0.717, 1.165) is 6.26 Å². The van der Waals surface area contributed by atoms with Gasteiger partial charge in [0.1, 0.15) is 0 Å². The van der Waals surface area contributed by atoms with Crippen LogP contribution in [0.3, 0.4) is 0 Å². The largest absolute Gasteiger partial charge is 0.366 e. The molecule has 0 bridgehead atoms. The van der Waals surface area contributed by atoms with Crippen molar-refractivity contribution in [3.8, 4) is 0 Å². The van der Waals surface area contributed by atoms with Crippen LogP contribution in [0.4, 0.5) is 5.69 Å². The highest BCUT2D eigenvalue weighted by Gasteiger charge is 2.16. The molecule has 120 valence electrons. The van der Waals surface area contributed by atoms with Gasteiger partial charge in [-0.25, -0.2) is 8.42 Å². The van der Waals surface area contributed by atoms with Gasteiger partial charge in [-0.2, -0.15) is 0 Å². The summed E-state index contributed by atoms with van der Waals surface area (Å²) in [6.07, 6.45) is 0.961. The van der Waals surface area contributed by atoms with Gasteiger partial charge in [-0.3, -0.25) is 9.59 Å². The van der Waals surface area contributed by atoms with Crippen molar-refractivity contribution in [2.75, 3.05) is 11.6 Å². The Labute approximate surface area is 134 Å². The molecule has 6 nitrogen and oxygen atoms in total. The van der Waals surface area contributed by atoms with Crippen LogP contribution in [-0.2, 0) is 21.1 Å². The van der Waals surface area contributed by atoms with E-state index >= 15 is 0 Å². The lowest BCUT2D eigenvalue weighted by Crippen LogP contribution is -2.20. The maximum absolute atomic E-state index is 12.2. The van der Waals surface area contributed by atoms with Crippen LogP contribution in [0.2, 0.25) is 0 Å². The summed E-state index contributed by atoms with van der Waals surface area (Å²) in [5, 5.41) is 2.58. The van der Waals surface area contributed by atoms with Crippen molar-refractivity contribution in [2.24, 2.45) is 5.73 Å². The molecule has 0 saturated carbocycles. The fraction of sp³-hybridized carbons (Fsp3) is 0.125. The Kier molecular flexibility index (Phi) is 4.80. The monoisotopic (exact) mass is 332 g/mol. The van der Waals surface area contributed by atoms with Gasteiger partial charge in [0.05, 0.1) is 22.6 Å². The number of amides is 2. The second kappa shape index (κ2) is 6.62. The van der Waals surface area contributed by atoms with Crippen molar-refractivity contribution in [2.45, 2.75) is 11.3 Å². The van der Waals surface area contributed by atoms with Gasteiger partial charge >= 0.3 is 0 Å². The third-order valence-corrected chi connectivity index (χ3v) is 4.39. The molecule has 23 heavy (non-hydrogen) atoms. The Hall–Kier alpha value is -2.67. The molecule has 0 unspecified atom stereocenters. The van der Waals surface area contributed by atoms with Gasteiger partial charge in [-0.15, -0.1) is 0 Å². The highest BCUT2D eigenvalue weighted by molar-refractivity contribution is 7.90. The molecule has 0 fully saturated rings. The zero-order valence-corrected chi connectivity index (χ0v) is 13.3. The van der Waals surface area contributed by atoms with Gasteiger partial charge in [0, 0.05) is 6.26 Å². The van der Waals surface area contributed by atoms with E-state index in [2.05, 4.69) is 5.32 Å². The molecule has 0 radical (unpaired) electrons. The number of sulfone groups is 1. The summed E-state index contributed by atoms with van der Waals surface area (Å²) in [5.74, 6) is -1.09. The van der Waals surface area contributed by atoms with Gasteiger partial charge in [0.25, 0.3) is 5.91 Å². The van der Waals surface area contributed by atoms with Crippen LogP contribution in [0.25, 0.3) is 0 Å². The zero-order chi connectivity index (χ0) is 17.0. The minimum Gasteiger partial charge on any atom is -0.366 e. The lowest BCUT2D eigenvalue weighted by Gasteiger charge is -2.10. The smallest absolute Gasteiger partial charge is 0.250 e. The maximum Gasteiger partial charge on any atom is 0.250 e. The zero-order valence-electron chi connectivity index (χ0n) is 12.4. The predicted octanol–water partition coefficient (Wildman–Crippen LogP) is 1.37. The quantitative estimate of drug-likeness (QED) is 0.862. The van der Waals surface area contributed by atoms with E-state index < -0.39 is 21.7 Å². The lowest BCUT2D eigenvalue weighted by atomic mass is 10.1. The number of nitrogens with two attached hydrogens (primary N) is 1. The van der Waals surface area contributed by atoms with E-state index in [1.807, 2.05) is 0 Å². The lowest BCUT2D eigenvalue weighted by molar-refractivity contribution is -0.115. The number of carbonyl (C=O) groups excluding carboxylic acids is 2. The minimum atomic E-state index is -3.43. The van der Waals surface area contributed by atoms with Crippen molar-refractivity contribution in [3.05, 3.63) is 59.7 Å². The Morgan fingerprint density at radius 2 is 1.65 bits per heavy atom. The highest BCUT2D eigenvalue weighted by Crippen LogP contribution is 2.18. The number of benzene rings is 2. The maximum atomic E-state index is 12.2. The van der Waals surface area contributed by atoms with Crippen LogP contribution in [0.15, 0.2) is 53.4 Å². The molecule has 2 aromatic rings. The average molecular weight is 332 g/mol. The molecule has 3 N–H and O–H groups in total. The van der Waals surface area contributed by atoms with E-state index in [9.17, 15) is 18.0 Å². The number of para-hydroxylation sites is 1. The van der Waals surface area contributed by atoms with Gasteiger partial charge in [0.15, 0.2) is 9.84 Å². The first-order valence-corrected chi connectivity index (χ1v) is 8.65. The molecule has 7 heteroatoms. The topological polar surface area (TPSA) is 106 Å². The molecule has 2 rings (SSSR count). The van der Waals surface area contributed by atoms with Crippen molar-refractivity contribution >= 4 is 27.3 Å². The fourth-order valence-electron chi connectivity index (χ4n) is 2.19. The Morgan fingerprint density at radius 3 is 2.30 bits per heavy atom. The Morgan fingerprint density at radius 1 is 1.04 bits per heavy atom. The molecule has 0 saturated heterocycles. The minimum absolute atomic E-state index is 0.110. The van der Waals surface area contributed by atoms with Gasteiger partial charge in [0.2, 0.25) is 5.91 Å². The molecule has 0 aliphatic carbocycles. The van der Waals surface area contributed by atoms with Gasteiger partial charge < -0.3 is 11.1 Å². The first-order valence-electron chi connectivity index (χ1n) is 6.75. The number of hydrogen-bond donors (Lipinski definition) is 2. The van der Waals surface area contributed by atoms with Gasteiger partial charge in [-0.05, 0) is 23.8 Å². The molecule has 0 atom stereocenters. The number of rotatable bonds is 5. The van der Waals surface area contributed by atoms with Crippen molar-refractivity contribution in [1.29, 1.82) is 0 Å². The predicted molar refractivity (Wildman–Crippen MR) is 86.8 cm³/mol. The summed E-state index contributed by atoms with van der Waals surface area (Å²) in [4.78, 5) is 23.6. The summed E-state index contributed by atoms with van der Waals surface area (Å²) >= 11 is 0. The molecule has 0 spiro atoms. The van der Waals surface area contributed by atoms with Crippen LogP contribution in [0, 0.1) is 0 Å². The van der Waals surface area contributed by atoms with E-state index in [1.165, 1.54) is 12.1 Å². The first-order chi connectivity index (χ1) is 10.8. The molecule has 0 aliphatic heterocycles. The number of hydrogen-bond acceptors (Lipinski definition) is 4. The SMILES string of the molecule is CS(=O)(=O)c1ccccc1CC(=O)Nc1ccccc1C(N)=O. The Bertz CT molecular complexity index is 860. The molecule has 2 aromatic carbocycles. The third kappa shape index (κ3) is 4.17. The Balaban J connectivity index is 2.24. The van der Waals surface area contributed by atoms with E-state index in [4.69, 9.17) is 5.73 Å². The van der Waals surface area contributed by atoms with E-state index in [1.54, 1.807) is 36.4 Å². The average Bonchev–Trinajstić information content (AvgIpc) is 2.47. The molecule has 2 amide bonds. The molecule has 0 aliphatic rings. The summed E-state index contributed by atoms with van der Waals surface area (Å²) in [6.45, 7) is 0. The highest BCUT2D eigenvalue weighted by atomic mass is 32.2. The van der Waals surface area contributed by atoms with Crippen LogP contribution in [-0.4, -0.2) is 26.5 Å². The second-order valence-electron chi connectivity index (χ2n) is 5.01. The van der Waals surface area contributed by atoms with Crippen LogP contribution in [0.5, 0.6) is 0 Å². The summed E-state index contributed by atoms with van der Waals surface area (Å²) in [7, 11) is -3.43. The second-order valence-corrected chi connectivity index (χ2v) is 7.00. The third-order valence-electron chi connectivity index (χ3n) is 3.19. The van der Waals surface area contributed by atoms with Crippen LogP contribution >= 0.6 is 0 Å². The molecule has 0 aromatic heterocycles. The summed E-state index contributed by atoms with van der Waals surface area (Å²) < 4.78 is 23.5. The van der Waals surface area contributed by atoms with E-state index in [-0.39, 0.29) is 16.9 Å². The molecular formula is C16H16N2O4S. The normalized spacial score (nSPS) is 11.0. The van der Waals surface area contributed by atoms with Crippen molar-refractivity contribution < 1.29 is 18.0 Å².